The molecule has 1 aliphatic heterocycles. The number of rotatable bonds is 33. The molecule has 2 aromatic carbocycles. The second kappa shape index (κ2) is 51.6. The van der Waals surface area contributed by atoms with E-state index in [1.54, 1.807) is 65.0 Å². The van der Waals surface area contributed by atoms with Crippen LogP contribution in [0.4, 0.5) is 0 Å². The first kappa shape index (κ1) is 104. The average molecular weight is 1640 g/mol. The number of carbonyl (C=O) groups excluding carboxylic acids is 13. The smallest absolute Gasteiger partial charge is 0.326 e. The number of hydrogen-bond acceptors (Lipinski definition) is 16. The SMILES string of the molecule is CCC(C)[C@@H]1NC(=O)CN(C)C(=O)[C@@H](Cc2ccccc2)N(C)C(=O)[C@H](C)NC(=O)[C@@H](CC(C)C)NC(=O)/C(C)=C/CC[C@H](C)[C@@H](C(C)CC)NC(=O)[C@@H](C)NC1=O.CCC(C)[C@H](NC(=O)CN(C)C(=O)[C@@H](Cc1ccccc1)N(C)C(=O)[C@@H](C)NC(=O)[C@@H](CC(C)C)NC(=O)/C(C)=C/CC[C@H](C)[C@H](OC(=O)C(C)N)C(C)CC)C(=O)O. The predicted molar refractivity (Wildman–Crippen MR) is 453 cm³/mol. The molecule has 29 heteroatoms. The fourth-order valence-corrected chi connectivity index (χ4v) is 13.7. The molecule has 3 rings (SSSR count). The fourth-order valence-electron chi connectivity index (χ4n) is 13.7. The number of nitrogens with two attached hydrogens (primary N) is 1. The van der Waals surface area contributed by atoms with Crippen LogP contribution in [0, 0.1) is 47.3 Å². The Hall–Kier alpha value is -9.54. The quantitative estimate of drug-likeness (QED) is 0.0247. The van der Waals surface area contributed by atoms with E-state index < -0.39 is 150 Å². The largest absolute Gasteiger partial charge is 0.480 e. The zero-order valence-corrected chi connectivity index (χ0v) is 74.3. The highest BCUT2D eigenvalue weighted by Gasteiger charge is 2.39. The van der Waals surface area contributed by atoms with Gasteiger partial charge in [-0.1, -0.05) is 195 Å². The molecule has 1 heterocycles. The summed E-state index contributed by atoms with van der Waals surface area (Å²) >= 11 is 0. The van der Waals surface area contributed by atoms with Gasteiger partial charge in [-0.3, -0.25) is 62.3 Å². The molecule has 0 fully saturated rings. The zero-order valence-electron chi connectivity index (χ0n) is 74.3. The monoisotopic (exact) mass is 1640 g/mol. The van der Waals surface area contributed by atoms with Gasteiger partial charge in [0.15, 0.2) is 0 Å². The van der Waals surface area contributed by atoms with Gasteiger partial charge in [-0.25, -0.2) is 4.79 Å². The van der Waals surface area contributed by atoms with Crippen molar-refractivity contribution >= 4 is 82.8 Å². The summed E-state index contributed by atoms with van der Waals surface area (Å²) in [7, 11) is 5.79. The van der Waals surface area contributed by atoms with Gasteiger partial charge in [0.05, 0.1) is 13.1 Å². The Morgan fingerprint density at radius 1 is 0.667 bits per heavy atom. The van der Waals surface area contributed by atoms with Gasteiger partial charge in [0, 0.05) is 58.2 Å². The molecule has 0 radical (unpaired) electrons. The molecule has 0 spiro atoms. The number of nitrogens with one attached hydrogen (secondary N) is 8. The maximum absolute atomic E-state index is 14.1. The molecule has 1 aliphatic rings. The first-order valence-electron chi connectivity index (χ1n) is 41.8. The van der Waals surface area contributed by atoms with Crippen molar-refractivity contribution < 1.29 is 77.0 Å². The van der Waals surface area contributed by atoms with Crippen LogP contribution in [0.5, 0.6) is 0 Å². The maximum Gasteiger partial charge on any atom is 0.326 e. The van der Waals surface area contributed by atoms with Gasteiger partial charge in [-0.15, -0.1) is 0 Å². The minimum Gasteiger partial charge on any atom is -0.480 e. The van der Waals surface area contributed by atoms with Crippen LogP contribution >= 0.6 is 0 Å². The lowest BCUT2D eigenvalue weighted by atomic mass is 9.85. The molecular formula is C88H143N13O16. The molecule has 0 aliphatic carbocycles. The second-order valence-electron chi connectivity index (χ2n) is 33.3. The lowest BCUT2D eigenvalue weighted by Gasteiger charge is -2.33. The summed E-state index contributed by atoms with van der Waals surface area (Å²) in [5, 5.41) is 32.0. The summed E-state index contributed by atoms with van der Waals surface area (Å²) in [6.07, 6.45) is 9.22. The van der Waals surface area contributed by atoms with Crippen LogP contribution in [-0.4, -0.2) is 221 Å². The number of aliphatic carboxylic acids is 1. The molecule has 0 saturated heterocycles. The van der Waals surface area contributed by atoms with Crippen molar-refractivity contribution in [3.8, 4) is 0 Å². The average Bonchev–Trinajstić information content (AvgIpc) is 0.827. The summed E-state index contributed by atoms with van der Waals surface area (Å²) < 4.78 is 5.73. The van der Waals surface area contributed by atoms with E-state index in [2.05, 4.69) is 49.5 Å². The van der Waals surface area contributed by atoms with E-state index in [0.717, 1.165) is 28.9 Å². The third-order valence-electron chi connectivity index (χ3n) is 22.2. The third kappa shape index (κ3) is 34.9. The maximum atomic E-state index is 14.1. The highest BCUT2D eigenvalue weighted by molar-refractivity contribution is 6.00. The van der Waals surface area contributed by atoms with E-state index in [9.17, 15) is 72.2 Å². The predicted octanol–water partition coefficient (Wildman–Crippen LogP) is 7.33. The number of benzene rings is 2. The number of amides is 12. The fraction of sp³-hybridized carbons (Fsp3) is 0.659. The Labute approximate surface area is 696 Å². The summed E-state index contributed by atoms with van der Waals surface area (Å²) in [5.41, 5.74) is 8.10. The van der Waals surface area contributed by atoms with Crippen LogP contribution < -0.4 is 48.3 Å². The Balaban J connectivity index is 0.000000793. The lowest BCUT2D eigenvalue weighted by Crippen LogP contribution is -2.58. The molecule has 656 valence electrons. The molecule has 2 aromatic rings. The van der Waals surface area contributed by atoms with E-state index >= 15 is 0 Å². The minimum absolute atomic E-state index is 0.00455. The molecule has 0 aromatic heterocycles. The number of ether oxygens (including phenoxy) is 1. The molecule has 29 nitrogen and oxygen atoms in total. The van der Waals surface area contributed by atoms with Crippen LogP contribution in [0.1, 0.15) is 214 Å². The van der Waals surface area contributed by atoms with Crippen LogP contribution in [-0.2, 0) is 84.7 Å². The van der Waals surface area contributed by atoms with Crippen LogP contribution in [0.2, 0.25) is 0 Å². The Kier molecular flexibility index (Phi) is 45.7. The number of esters is 1. The summed E-state index contributed by atoms with van der Waals surface area (Å²) in [4.78, 5) is 193. The van der Waals surface area contributed by atoms with Crippen molar-refractivity contribution in [2.75, 3.05) is 41.3 Å². The lowest BCUT2D eigenvalue weighted by molar-refractivity contribution is -0.156. The third-order valence-corrected chi connectivity index (χ3v) is 22.2. The first-order valence-corrected chi connectivity index (χ1v) is 41.8. The van der Waals surface area contributed by atoms with Crippen LogP contribution in [0.15, 0.2) is 84.0 Å². The minimum atomic E-state index is -1.18. The highest BCUT2D eigenvalue weighted by atomic mass is 16.5. The molecule has 0 saturated carbocycles. The van der Waals surface area contributed by atoms with Gasteiger partial charge < -0.3 is 77.7 Å². The molecule has 0 bridgehead atoms. The van der Waals surface area contributed by atoms with E-state index in [4.69, 9.17) is 10.5 Å². The summed E-state index contributed by atoms with van der Waals surface area (Å²) in [6, 6.07) is 8.01. The van der Waals surface area contributed by atoms with Crippen molar-refractivity contribution in [1.82, 2.24) is 62.1 Å². The number of carbonyl (C=O) groups is 14. The number of hydrogen-bond donors (Lipinski definition) is 10. The molecule has 11 N–H and O–H groups in total. The number of carboxylic acid groups (broad SMARTS) is 1. The molecule has 5 unspecified atom stereocenters. The molecule has 18 atom stereocenters. The van der Waals surface area contributed by atoms with Gasteiger partial charge in [0.25, 0.3) is 0 Å². The van der Waals surface area contributed by atoms with Crippen LogP contribution in [0.3, 0.4) is 0 Å². The van der Waals surface area contributed by atoms with Gasteiger partial charge in [-0.05, 0) is 139 Å². The van der Waals surface area contributed by atoms with E-state index in [1.165, 1.54) is 56.7 Å². The standard InChI is InChI=1S/C44H71N7O7.C44H72N6O9/c1-13-27(5)37-29(7)19-18-20-30(8)39(53)47-34(23-26(3)4)41(55)46-32(10)43(57)51(12)35(24-33-21-16-15-17-22-33)44(58)50(11)25-36(52)48-38(28(6)14-2)42(56)45-31(9)40(54)49-37;1-13-27(5)37(43(56)57)48-36(51)25-49(11)42(55)35(24-33-21-16-15-17-22-33)50(12)41(54)32(10)46-40(53)34(23-26(3)4)47-39(52)30(8)20-18-19-29(7)38(28(6)14-2)59-44(58)31(9)45/h15-17,20-22,26-29,31-32,34-35,37-38H,13-14,18-19,23-25H2,1-12H3,(H,45,56)(H,46,55)(H,47,53)(H,48,52)(H,49,54);15-17,20-22,26-29,31-32,34-35,37-38H,13-14,18-19,23-25,45H2,1-12H3,(H,46,53)(H,47,52)(H,48,51)(H,56,57)/b2*30-20+/t27?,28?,29-,31+,32-,34+,35+,37+,38-;27?,28?,29-,31?,32+,34+,35+,37-,38+/m00/s1. The highest BCUT2D eigenvalue weighted by Crippen LogP contribution is 2.26. The Bertz CT molecular complexity index is 3650. The summed E-state index contributed by atoms with van der Waals surface area (Å²) in [6.45, 7) is 35.9. The topological polar surface area (TPSA) is 404 Å². The van der Waals surface area contributed by atoms with Gasteiger partial charge in [0.1, 0.15) is 66.5 Å². The number of allylic oxidation sites excluding steroid dienone is 2. The number of carboxylic acids is 1. The summed E-state index contributed by atoms with van der Waals surface area (Å²) in [5.74, 6) is -8.21. The zero-order chi connectivity index (χ0) is 89.0. The van der Waals surface area contributed by atoms with Crippen molar-refractivity contribution in [1.29, 1.82) is 0 Å². The van der Waals surface area contributed by atoms with Crippen molar-refractivity contribution in [3.05, 3.63) is 95.1 Å². The Morgan fingerprint density at radius 3 is 1.78 bits per heavy atom. The van der Waals surface area contributed by atoms with Crippen molar-refractivity contribution in [2.24, 2.45) is 53.1 Å². The Morgan fingerprint density at radius 2 is 1.24 bits per heavy atom. The number of nitrogens with zero attached hydrogens (tertiary/aromatic N) is 4. The number of likely N-dealkylation sites (N-methyl/N-ethyl adjacent to an activating group) is 4. The van der Waals surface area contributed by atoms with Gasteiger partial charge in [0.2, 0.25) is 70.9 Å². The first-order chi connectivity index (χ1) is 54.8. The normalized spacial score (nSPS) is 22.1. The van der Waals surface area contributed by atoms with Crippen molar-refractivity contribution in [2.45, 2.75) is 288 Å². The van der Waals surface area contributed by atoms with Gasteiger partial charge in [-0.2, -0.15) is 0 Å². The van der Waals surface area contributed by atoms with Crippen molar-refractivity contribution in [3.63, 3.8) is 0 Å². The van der Waals surface area contributed by atoms with E-state index in [0.29, 0.717) is 62.5 Å². The molecule has 117 heavy (non-hydrogen) atoms. The van der Waals surface area contributed by atoms with E-state index in [-0.39, 0.29) is 78.2 Å². The molecule has 12 amide bonds. The second-order valence-corrected chi connectivity index (χ2v) is 33.3. The molecular weight excluding hydrogens is 1500 g/mol. The van der Waals surface area contributed by atoms with Gasteiger partial charge >= 0.3 is 11.9 Å². The van der Waals surface area contributed by atoms with E-state index in [1.807, 2.05) is 126 Å². The van der Waals surface area contributed by atoms with Crippen LogP contribution in [0.25, 0.3) is 0 Å².